The summed E-state index contributed by atoms with van der Waals surface area (Å²) in [7, 11) is 0. The lowest BCUT2D eigenvalue weighted by Crippen LogP contribution is -2.33. The highest BCUT2D eigenvalue weighted by Gasteiger charge is 2.25. The third-order valence-electron chi connectivity index (χ3n) is 3.55. The van der Waals surface area contributed by atoms with Gasteiger partial charge in [0, 0.05) is 31.3 Å². The highest BCUT2D eigenvalue weighted by molar-refractivity contribution is 5.92. The topological polar surface area (TPSA) is 89.9 Å². The van der Waals surface area contributed by atoms with Crippen LogP contribution < -0.4 is 5.32 Å². The fourth-order valence-electron chi connectivity index (χ4n) is 2.30. The molecule has 1 saturated heterocycles. The number of anilines is 1. The first-order valence-corrected chi connectivity index (χ1v) is 6.52. The fraction of sp³-hybridized carbons (Fsp3) is 0.429. The second-order valence-corrected chi connectivity index (χ2v) is 5.05. The number of carbonyl (C=O) groups is 2. The SMILES string of the molecule is Cc1cc(C(=O)O)ccc1NC(=O)N1CCC(CO)C1. The standard InChI is InChI=1S/C14H18N2O4/c1-9-6-11(13(18)19)2-3-12(9)15-14(20)16-5-4-10(7-16)8-17/h2-3,6,10,17H,4-5,7-8H2,1H3,(H,15,20)(H,18,19). The number of aliphatic hydroxyl groups excluding tert-OH is 1. The molecule has 0 saturated carbocycles. The molecule has 1 unspecified atom stereocenters. The van der Waals surface area contributed by atoms with Crippen LogP contribution in [0, 0.1) is 12.8 Å². The summed E-state index contributed by atoms with van der Waals surface area (Å²) in [6, 6.07) is 4.37. The van der Waals surface area contributed by atoms with Crippen LogP contribution in [0.5, 0.6) is 0 Å². The van der Waals surface area contributed by atoms with E-state index < -0.39 is 5.97 Å². The lowest BCUT2D eigenvalue weighted by molar-refractivity contribution is 0.0697. The van der Waals surface area contributed by atoms with Gasteiger partial charge in [-0.1, -0.05) is 0 Å². The Balaban J connectivity index is 2.03. The van der Waals surface area contributed by atoms with Gasteiger partial charge in [-0.15, -0.1) is 0 Å². The smallest absolute Gasteiger partial charge is 0.335 e. The quantitative estimate of drug-likeness (QED) is 0.782. The van der Waals surface area contributed by atoms with Crippen molar-refractivity contribution in [2.45, 2.75) is 13.3 Å². The van der Waals surface area contributed by atoms with Crippen LogP contribution in [-0.4, -0.2) is 46.8 Å². The highest BCUT2D eigenvalue weighted by Crippen LogP contribution is 2.20. The van der Waals surface area contributed by atoms with Crippen LogP contribution in [0.15, 0.2) is 18.2 Å². The predicted octanol–water partition coefficient (Wildman–Crippen LogP) is 1.54. The van der Waals surface area contributed by atoms with Crippen molar-refractivity contribution < 1.29 is 19.8 Å². The Morgan fingerprint density at radius 3 is 2.75 bits per heavy atom. The number of nitrogens with zero attached hydrogens (tertiary/aromatic N) is 1. The Hall–Kier alpha value is -2.08. The molecule has 3 N–H and O–H groups in total. The second kappa shape index (κ2) is 5.92. The molecule has 1 aromatic carbocycles. The molecule has 0 bridgehead atoms. The average Bonchev–Trinajstić information content (AvgIpc) is 2.89. The zero-order valence-corrected chi connectivity index (χ0v) is 11.3. The Labute approximate surface area is 117 Å². The Kier molecular flexibility index (Phi) is 4.24. The lowest BCUT2D eigenvalue weighted by atomic mass is 10.1. The van der Waals surface area contributed by atoms with Crippen LogP contribution in [0.25, 0.3) is 0 Å². The summed E-state index contributed by atoms with van der Waals surface area (Å²) >= 11 is 0. The molecule has 2 amide bonds. The number of benzene rings is 1. The fourth-order valence-corrected chi connectivity index (χ4v) is 2.30. The molecule has 0 spiro atoms. The molecule has 1 aliphatic rings. The van der Waals surface area contributed by atoms with E-state index in [1.54, 1.807) is 17.9 Å². The number of amides is 2. The summed E-state index contributed by atoms with van der Waals surface area (Å²) in [5.74, 6) is -0.840. The summed E-state index contributed by atoms with van der Waals surface area (Å²) in [6.07, 6.45) is 0.806. The van der Waals surface area contributed by atoms with E-state index in [0.717, 1.165) is 6.42 Å². The summed E-state index contributed by atoms with van der Waals surface area (Å²) in [6.45, 7) is 3.02. The van der Waals surface area contributed by atoms with Gasteiger partial charge in [0.2, 0.25) is 0 Å². The normalized spacial score (nSPS) is 18.1. The highest BCUT2D eigenvalue weighted by atomic mass is 16.4. The Morgan fingerprint density at radius 2 is 2.20 bits per heavy atom. The maximum absolute atomic E-state index is 12.1. The number of aliphatic hydroxyl groups is 1. The van der Waals surface area contributed by atoms with Crippen molar-refractivity contribution in [3.63, 3.8) is 0 Å². The largest absolute Gasteiger partial charge is 0.478 e. The zero-order chi connectivity index (χ0) is 14.7. The molecule has 1 fully saturated rings. The van der Waals surface area contributed by atoms with Crippen LogP contribution >= 0.6 is 0 Å². The van der Waals surface area contributed by atoms with E-state index in [1.165, 1.54) is 12.1 Å². The number of aryl methyl sites for hydroxylation is 1. The summed E-state index contributed by atoms with van der Waals surface area (Å²) < 4.78 is 0. The van der Waals surface area contributed by atoms with Gasteiger partial charge >= 0.3 is 12.0 Å². The minimum absolute atomic E-state index is 0.0934. The van der Waals surface area contributed by atoms with Gasteiger partial charge in [0.1, 0.15) is 0 Å². The number of hydrogen-bond donors (Lipinski definition) is 3. The van der Waals surface area contributed by atoms with Gasteiger partial charge < -0.3 is 20.4 Å². The molecule has 6 nitrogen and oxygen atoms in total. The van der Waals surface area contributed by atoms with E-state index in [0.29, 0.717) is 24.3 Å². The minimum Gasteiger partial charge on any atom is -0.478 e. The van der Waals surface area contributed by atoms with Crippen molar-refractivity contribution in [1.29, 1.82) is 0 Å². The molecule has 20 heavy (non-hydrogen) atoms. The van der Waals surface area contributed by atoms with Gasteiger partial charge in [-0.25, -0.2) is 9.59 Å². The van der Waals surface area contributed by atoms with Crippen LogP contribution in [0.2, 0.25) is 0 Å². The molecule has 0 radical (unpaired) electrons. The van der Waals surface area contributed by atoms with Gasteiger partial charge in [-0.05, 0) is 37.1 Å². The van der Waals surface area contributed by atoms with Crippen LogP contribution in [-0.2, 0) is 0 Å². The maximum atomic E-state index is 12.1. The van der Waals surface area contributed by atoms with E-state index in [1.807, 2.05) is 0 Å². The first-order valence-electron chi connectivity index (χ1n) is 6.52. The number of nitrogens with one attached hydrogen (secondary N) is 1. The van der Waals surface area contributed by atoms with Crippen LogP contribution in [0.3, 0.4) is 0 Å². The monoisotopic (exact) mass is 278 g/mol. The van der Waals surface area contributed by atoms with Crippen molar-refractivity contribution in [3.8, 4) is 0 Å². The molecule has 108 valence electrons. The Bertz CT molecular complexity index is 530. The molecule has 1 heterocycles. The van der Waals surface area contributed by atoms with Crippen LogP contribution in [0.4, 0.5) is 10.5 Å². The van der Waals surface area contributed by atoms with Crippen molar-refractivity contribution in [2.75, 3.05) is 25.0 Å². The van der Waals surface area contributed by atoms with Crippen molar-refractivity contribution >= 4 is 17.7 Å². The number of carbonyl (C=O) groups excluding carboxylic acids is 1. The van der Waals surface area contributed by atoms with Crippen molar-refractivity contribution in [1.82, 2.24) is 4.90 Å². The van der Waals surface area contributed by atoms with Gasteiger partial charge in [0.15, 0.2) is 0 Å². The molecule has 1 atom stereocenters. The first kappa shape index (κ1) is 14.3. The average molecular weight is 278 g/mol. The van der Waals surface area contributed by atoms with Gasteiger partial charge in [0.05, 0.1) is 5.56 Å². The third kappa shape index (κ3) is 3.08. The summed E-state index contributed by atoms with van der Waals surface area (Å²) in [5, 5.41) is 20.7. The van der Waals surface area contributed by atoms with E-state index in [9.17, 15) is 9.59 Å². The number of carboxylic acid groups (broad SMARTS) is 1. The number of rotatable bonds is 3. The second-order valence-electron chi connectivity index (χ2n) is 5.05. The van der Waals surface area contributed by atoms with E-state index in [4.69, 9.17) is 10.2 Å². The Morgan fingerprint density at radius 1 is 1.45 bits per heavy atom. The van der Waals surface area contributed by atoms with Crippen LogP contribution in [0.1, 0.15) is 22.3 Å². The van der Waals surface area contributed by atoms with Gasteiger partial charge in [0.25, 0.3) is 0 Å². The summed E-state index contributed by atoms with van der Waals surface area (Å²) in [5.41, 5.74) is 1.51. The molecule has 1 aromatic rings. The number of urea groups is 1. The van der Waals surface area contributed by atoms with Crippen molar-refractivity contribution in [2.24, 2.45) is 5.92 Å². The molecular formula is C14H18N2O4. The van der Waals surface area contributed by atoms with Gasteiger partial charge in [-0.3, -0.25) is 0 Å². The minimum atomic E-state index is -0.990. The molecule has 1 aliphatic heterocycles. The molecular weight excluding hydrogens is 260 g/mol. The molecule has 0 aromatic heterocycles. The predicted molar refractivity (Wildman–Crippen MR) is 73.9 cm³/mol. The number of aromatic carboxylic acids is 1. The van der Waals surface area contributed by atoms with E-state index in [2.05, 4.69) is 5.32 Å². The maximum Gasteiger partial charge on any atom is 0.335 e. The number of carboxylic acids is 1. The van der Waals surface area contributed by atoms with E-state index >= 15 is 0 Å². The van der Waals surface area contributed by atoms with Gasteiger partial charge in [-0.2, -0.15) is 0 Å². The number of hydrogen-bond acceptors (Lipinski definition) is 3. The molecule has 0 aliphatic carbocycles. The van der Waals surface area contributed by atoms with E-state index in [-0.39, 0.29) is 24.1 Å². The van der Waals surface area contributed by atoms with Crippen molar-refractivity contribution in [3.05, 3.63) is 29.3 Å². The zero-order valence-electron chi connectivity index (χ0n) is 11.3. The molecule has 2 rings (SSSR count). The lowest BCUT2D eigenvalue weighted by Gasteiger charge is -2.18. The third-order valence-corrected chi connectivity index (χ3v) is 3.55. The summed E-state index contributed by atoms with van der Waals surface area (Å²) in [4.78, 5) is 24.6. The molecule has 6 heteroatoms. The number of likely N-dealkylation sites (tertiary alicyclic amines) is 1. The first-order chi connectivity index (χ1) is 9.51.